The first-order valence-electron chi connectivity index (χ1n) is 7.44. The van der Waals surface area contributed by atoms with Crippen LogP contribution in [0.3, 0.4) is 0 Å². The van der Waals surface area contributed by atoms with Gasteiger partial charge in [-0.3, -0.25) is 9.67 Å². The molecule has 1 aliphatic heterocycles. The summed E-state index contributed by atoms with van der Waals surface area (Å²) in [6, 6.07) is 13.6. The number of aromatic nitrogens is 3. The number of rotatable bonds is 4. The van der Waals surface area contributed by atoms with Crippen LogP contribution in [0.4, 0.5) is 0 Å². The smallest absolute Gasteiger partial charge is 0.231 e. The standard InChI is InChI=1S/C17H15N3O3S/c1-21-13-5-2-11(3-6-13)8-16-18-19-17(24)20(16)12-4-7-14-15(9-12)23-10-22-14/h2-7,9H,8,10H2,1H3,(H,19,24). The van der Waals surface area contributed by atoms with Crippen molar-refractivity contribution >= 4 is 12.2 Å². The van der Waals surface area contributed by atoms with Crippen molar-refractivity contribution in [2.75, 3.05) is 13.9 Å². The van der Waals surface area contributed by atoms with Crippen molar-refractivity contribution in [1.29, 1.82) is 0 Å². The third-order valence-corrected chi connectivity index (χ3v) is 4.15. The van der Waals surface area contributed by atoms with Crippen molar-refractivity contribution in [3.8, 4) is 22.9 Å². The second kappa shape index (κ2) is 6.01. The molecule has 7 heteroatoms. The number of aromatic amines is 1. The van der Waals surface area contributed by atoms with Crippen LogP contribution in [0.15, 0.2) is 42.5 Å². The number of methoxy groups -OCH3 is 1. The SMILES string of the molecule is COc1ccc(Cc2n[nH]c(=S)n2-c2ccc3c(c2)OCO3)cc1. The van der Waals surface area contributed by atoms with Gasteiger partial charge in [0.2, 0.25) is 6.79 Å². The van der Waals surface area contributed by atoms with Gasteiger partial charge in [0.1, 0.15) is 11.6 Å². The molecule has 0 amide bonds. The molecule has 0 atom stereocenters. The topological polar surface area (TPSA) is 61.3 Å². The van der Waals surface area contributed by atoms with E-state index in [1.165, 1.54) is 0 Å². The molecule has 1 aliphatic rings. The van der Waals surface area contributed by atoms with Crippen molar-refractivity contribution in [3.05, 3.63) is 58.6 Å². The Morgan fingerprint density at radius 1 is 1.17 bits per heavy atom. The van der Waals surface area contributed by atoms with Crippen molar-refractivity contribution in [1.82, 2.24) is 14.8 Å². The highest BCUT2D eigenvalue weighted by Crippen LogP contribution is 2.34. The number of nitrogens with zero attached hydrogens (tertiary/aromatic N) is 2. The van der Waals surface area contributed by atoms with Gasteiger partial charge in [-0.15, -0.1) is 0 Å². The number of benzene rings is 2. The summed E-state index contributed by atoms with van der Waals surface area (Å²) in [6.07, 6.45) is 0.644. The van der Waals surface area contributed by atoms with E-state index in [0.29, 0.717) is 16.9 Å². The molecule has 2 aromatic carbocycles. The summed E-state index contributed by atoms with van der Waals surface area (Å²) < 4.78 is 18.4. The average Bonchev–Trinajstić information content (AvgIpc) is 3.21. The molecular formula is C17H15N3O3S. The Labute approximate surface area is 143 Å². The molecule has 0 saturated heterocycles. The summed E-state index contributed by atoms with van der Waals surface area (Å²) >= 11 is 5.39. The zero-order valence-corrected chi connectivity index (χ0v) is 13.8. The lowest BCUT2D eigenvalue weighted by atomic mass is 10.1. The Hall–Kier alpha value is -2.80. The Bertz CT molecular complexity index is 931. The van der Waals surface area contributed by atoms with Gasteiger partial charge in [-0.25, -0.2) is 0 Å². The molecule has 1 aromatic heterocycles. The summed E-state index contributed by atoms with van der Waals surface area (Å²) in [5.41, 5.74) is 2.01. The van der Waals surface area contributed by atoms with Crippen molar-refractivity contribution < 1.29 is 14.2 Å². The second-order valence-corrected chi connectivity index (χ2v) is 5.73. The van der Waals surface area contributed by atoms with Gasteiger partial charge in [0.05, 0.1) is 12.8 Å². The quantitative estimate of drug-likeness (QED) is 0.738. The summed E-state index contributed by atoms with van der Waals surface area (Å²) in [4.78, 5) is 0. The largest absolute Gasteiger partial charge is 0.497 e. The molecule has 0 bridgehead atoms. The normalized spacial score (nSPS) is 12.4. The third kappa shape index (κ3) is 2.63. The number of ether oxygens (including phenoxy) is 3. The first-order valence-corrected chi connectivity index (χ1v) is 7.84. The molecule has 0 saturated carbocycles. The van der Waals surface area contributed by atoms with Gasteiger partial charge in [-0.2, -0.15) is 5.10 Å². The number of nitrogens with one attached hydrogen (secondary N) is 1. The maximum absolute atomic E-state index is 5.45. The van der Waals surface area contributed by atoms with Gasteiger partial charge in [-0.1, -0.05) is 12.1 Å². The molecule has 0 radical (unpaired) electrons. The first-order chi connectivity index (χ1) is 11.7. The predicted molar refractivity (Wildman–Crippen MR) is 90.7 cm³/mol. The van der Waals surface area contributed by atoms with Crippen LogP contribution in [0.25, 0.3) is 5.69 Å². The lowest BCUT2D eigenvalue weighted by molar-refractivity contribution is 0.174. The molecule has 122 valence electrons. The lowest BCUT2D eigenvalue weighted by Gasteiger charge is -2.08. The fraction of sp³-hybridized carbons (Fsp3) is 0.176. The molecule has 3 aromatic rings. The molecule has 6 nitrogen and oxygen atoms in total. The third-order valence-electron chi connectivity index (χ3n) is 3.88. The lowest BCUT2D eigenvalue weighted by Crippen LogP contribution is -2.02. The number of hydrogen-bond donors (Lipinski definition) is 1. The minimum absolute atomic E-state index is 0.244. The van der Waals surface area contributed by atoms with Crippen LogP contribution in [0.5, 0.6) is 17.2 Å². The Kier molecular flexibility index (Phi) is 3.70. The Morgan fingerprint density at radius 2 is 1.96 bits per heavy atom. The van der Waals surface area contributed by atoms with E-state index in [2.05, 4.69) is 10.2 Å². The van der Waals surface area contributed by atoms with Gasteiger partial charge in [0.25, 0.3) is 0 Å². The van der Waals surface area contributed by atoms with Crippen molar-refractivity contribution in [2.24, 2.45) is 0 Å². The highest BCUT2D eigenvalue weighted by atomic mass is 32.1. The van der Waals surface area contributed by atoms with Crippen LogP contribution in [0, 0.1) is 4.77 Å². The van der Waals surface area contributed by atoms with E-state index >= 15 is 0 Å². The van der Waals surface area contributed by atoms with Gasteiger partial charge >= 0.3 is 0 Å². The highest BCUT2D eigenvalue weighted by molar-refractivity contribution is 7.71. The van der Waals surface area contributed by atoms with E-state index in [4.69, 9.17) is 26.4 Å². The fourth-order valence-corrected chi connectivity index (χ4v) is 2.92. The van der Waals surface area contributed by atoms with Crippen LogP contribution in [-0.2, 0) is 6.42 Å². The minimum atomic E-state index is 0.244. The van der Waals surface area contributed by atoms with Crippen molar-refractivity contribution in [2.45, 2.75) is 6.42 Å². The van der Waals surface area contributed by atoms with Gasteiger partial charge in [-0.05, 0) is 42.0 Å². The van der Waals surface area contributed by atoms with Crippen LogP contribution in [-0.4, -0.2) is 28.7 Å². The van der Waals surface area contributed by atoms with Crippen LogP contribution in [0.1, 0.15) is 11.4 Å². The van der Waals surface area contributed by atoms with Crippen LogP contribution < -0.4 is 14.2 Å². The van der Waals surface area contributed by atoms with Gasteiger partial charge < -0.3 is 14.2 Å². The molecule has 0 aliphatic carbocycles. The molecule has 24 heavy (non-hydrogen) atoms. The number of H-pyrrole nitrogens is 1. The van der Waals surface area contributed by atoms with E-state index in [-0.39, 0.29) is 6.79 Å². The maximum Gasteiger partial charge on any atom is 0.231 e. The molecule has 0 fully saturated rings. The molecule has 0 spiro atoms. The van der Waals surface area contributed by atoms with Crippen LogP contribution in [0.2, 0.25) is 0 Å². The molecule has 4 rings (SSSR count). The second-order valence-electron chi connectivity index (χ2n) is 5.34. The summed E-state index contributed by atoms with van der Waals surface area (Å²) in [7, 11) is 1.65. The maximum atomic E-state index is 5.45. The summed E-state index contributed by atoms with van der Waals surface area (Å²) in [5.74, 6) is 3.11. The minimum Gasteiger partial charge on any atom is -0.497 e. The van der Waals surface area contributed by atoms with E-state index < -0.39 is 0 Å². The first kappa shape index (κ1) is 14.8. The van der Waals surface area contributed by atoms with E-state index in [9.17, 15) is 0 Å². The zero-order chi connectivity index (χ0) is 16.5. The highest BCUT2D eigenvalue weighted by Gasteiger charge is 2.16. The number of hydrogen-bond acceptors (Lipinski definition) is 5. The zero-order valence-electron chi connectivity index (χ0n) is 13.0. The molecule has 2 heterocycles. The molecule has 1 N–H and O–H groups in total. The van der Waals surface area contributed by atoms with Crippen molar-refractivity contribution in [3.63, 3.8) is 0 Å². The predicted octanol–water partition coefficient (Wildman–Crippen LogP) is 3.26. The Balaban J connectivity index is 1.69. The van der Waals surface area contributed by atoms with Gasteiger partial charge in [0.15, 0.2) is 16.3 Å². The average molecular weight is 341 g/mol. The van der Waals surface area contributed by atoms with E-state index in [1.807, 2.05) is 47.0 Å². The summed E-state index contributed by atoms with van der Waals surface area (Å²) in [6.45, 7) is 0.244. The molecule has 0 unspecified atom stereocenters. The van der Waals surface area contributed by atoms with Gasteiger partial charge in [0, 0.05) is 12.5 Å². The van der Waals surface area contributed by atoms with E-state index in [1.54, 1.807) is 7.11 Å². The van der Waals surface area contributed by atoms with Crippen LogP contribution >= 0.6 is 12.2 Å². The monoisotopic (exact) mass is 341 g/mol. The molecular weight excluding hydrogens is 326 g/mol. The number of fused-ring (bicyclic) bond motifs is 1. The van der Waals surface area contributed by atoms with E-state index in [0.717, 1.165) is 28.6 Å². The Morgan fingerprint density at radius 3 is 2.75 bits per heavy atom. The summed E-state index contributed by atoms with van der Waals surface area (Å²) in [5, 5.41) is 7.23. The fourth-order valence-electron chi connectivity index (χ4n) is 2.66.